The molecule has 4 aromatic rings. The van der Waals surface area contributed by atoms with Gasteiger partial charge in [-0.1, -0.05) is 19.8 Å². The van der Waals surface area contributed by atoms with Crippen LogP contribution in [0.3, 0.4) is 0 Å². The maximum atomic E-state index is 14.5. The number of nitrogens with one attached hydrogen (secondary N) is 1. The van der Waals surface area contributed by atoms with Gasteiger partial charge in [0.25, 0.3) is 5.56 Å². The monoisotopic (exact) mass is 518 g/mol. The molecule has 0 fully saturated rings. The third-order valence-corrected chi connectivity index (χ3v) is 6.39. The molecule has 1 amide bonds. The molecule has 0 saturated carbocycles. The molecule has 12 heteroatoms. The average Bonchev–Trinajstić information content (AvgIpc) is 3.47. The lowest BCUT2D eigenvalue weighted by molar-refractivity contribution is -0.115. The number of unbranched alkanes of at least 4 members (excludes halogenated alkanes) is 2. The lowest BCUT2D eigenvalue weighted by atomic mass is 10.1. The van der Waals surface area contributed by atoms with E-state index in [2.05, 4.69) is 10.3 Å². The van der Waals surface area contributed by atoms with Crippen LogP contribution in [0.1, 0.15) is 31.7 Å². The Morgan fingerprint density at radius 2 is 1.89 bits per heavy atom. The number of amides is 1. The average molecular weight is 519 g/mol. The Bertz CT molecular complexity index is 1530. The second kappa shape index (κ2) is 10.4. The maximum Gasteiger partial charge on any atom is 0.333 e. The summed E-state index contributed by atoms with van der Waals surface area (Å²) in [6, 6.07) is 2.27. The molecule has 0 aliphatic rings. The zero-order valence-corrected chi connectivity index (χ0v) is 20.7. The fraction of sp³-hybridized carbons (Fsp3) is 0.333. The third-order valence-electron chi connectivity index (χ3n) is 5.63. The van der Waals surface area contributed by atoms with E-state index in [0.717, 1.165) is 40.9 Å². The molecule has 190 valence electrons. The van der Waals surface area contributed by atoms with Crippen LogP contribution in [0, 0.1) is 11.6 Å². The quantitative estimate of drug-likeness (QED) is 0.336. The van der Waals surface area contributed by atoms with Crippen LogP contribution in [-0.2, 0) is 25.3 Å². The van der Waals surface area contributed by atoms with Gasteiger partial charge < -0.3 is 14.5 Å². The van der Waals surface area contributed by atoms with Gasteiger partial charge in [-0.15, -0.1) is 11.3 Å². The van der Waals surface area contributed by atoms with Gasteiger partial charge in [0.1, 0.15) is 5.39 Å². The highest BCUT2D eigenvalue weighted by Crippen LogP contribution is 2.31. The fourth-order valence-corrected chi connectivity index (χ4v) is 4.46. The second-order valence-corrected chi connectivity index (χ2v) is 9.09. The zero-order chi connectivity index (χ0) is 26.0. The lowest BCUT2D eigenvalue weighted by Gasteiger charge is -2.09. The van der Waals surface area contributed by atoms with Crippen molar-refractivity contribution in [3.63, 3.8) is 0 Å². The highest BCUT2D eigenvalue weighted by Gasteiger charge is 2.20. The third kappa shape index (κ3) is 4.94. The highest BCUT2D eigenvalue weighted by molar-refractivity contribution is 7.14. The Kier molecular flexibility index (Phi) is 7.34. The number of hydrogen-bond acceptors (Lipinski definition) is 7. The van der Waals surface area contributed by atoms with Gasteiger partial charge in [0.05, 0.1) is 25.0 Å². The largest absolute Gasteiger partial charge is 0.488 e. The number of hydrogen-bond donors (Lipinski definition) is 1. The summed E-state index contributed by atoms with van der Waals surface area (Å²) in [5.74, 6) is -2.57. The normalized spacial score (nSPS) is 11.2. The topological polar surface area (TPSA) is 108 Å². The van der Waals surface area contributed by atoms with Crippen molar-refractivity contribution < 1.29 is 22.7 Å². The molecular formula is C24H24F2N4O5S. The molecule has 9 nitrogen and oxygen atoms in total. The van der Waals surface area contributed by atoms with Crippen LogP contribution in [0.4, 0.5) is 13.9 Å². The summed E-state index contributed by atoms with van der Waals surface area (Å²) in [5, 5.41) is 4.52. The van der Waals surface area contributed by atoms with E-state index in [-0.39, 0.29) is 40.5 Å². The standard InChI is InChI=1S/C24H24F2N4O5S/c1-4-5-6-7-34-20-15(25)8-13(9-16(20)26)17-12-36-23(27-17)28-18(31)10-14-11-35-22-19(14)21(32)29(2)24(33)30(22)3/h8-9,11-12H,4-7,10H2,1-3H3,(H,27,28,31). The Morgan fingerprint density at radius 1 is 1.17 bits per heavy atom. The molecule has 0 bridgehead atoms. The molecule has 3 heterocycles. The van der Waals surface area contributed by atoms with Crippen LogP contribution in [-0.4, -0.2) is 26.6 Å². The van der Waals surface area contributed by atoms with Crippen molar-refractivity contribution in [1.29, 1.82) is 0 Å². The molecule has 3 aromatic heterocycles. The molecule has 0 unspecified atom stereocenters. The van der Waals surface area contributed by atoms with Gasteiger partial charge in [-0.3, -0.25) is 18.7 Å². The van der Waals surface area contributed by atoms with Gasteiger partial charge in [0.15, 0.2) is 22.5 Å². The van der Waals surface area contributed by atoms with Crippen molar-refractivity contribution in [1.82, 2.24) is 14.1 Å². The number of carbonyl (C=O) groups is 1. The predicted octanol–water partition coefficient (Wildman–Crippen LogP) is 3.98. The number of rotatable bonds is 9. The van der Waals surface area contributed by atoms with Gasteiger partial charge >= 0.3 is 5.69 Å². The summed E-state index contributed by atoms with van der Waals surface area (Å²) in [7, 11) is 2.81. The van der Waals surface area contributed by atoms with E-state index in [1.54, 1.807) is 5.38 Å². The summed E-state index contributed by atoms with van der Waals surface area (Å²) < 4.78 is 41.6. The predicted molar refractivity (Wildman–Crippen MR) is 132 cm³/mol. The molecule has 0 atom stereocenters. The first-order chi connectivity index (χ1) is 17.2. The van der Waals surface area contributed by atoms with Crippen molar-refractivity contribution in [3.05, 3.63) is 61.8 Å². The molecule has 4 rings (SSSR count). The van der Waals surface area contributed by atoms with Crippen molar-refractivity contribution in [2.45, 2.75) is 32.6 Å². The number of anilines is 1. The summed E-state index contributed by atoms with van der Waals surface area (Å²) in [5.41, 5.74) is -0.241. The van der Waals surface area contributed by atoms with Crippen LogP contribution in [0.2, 0.25) is 0 Å². The van der Waals surface area contributed by atoms with Crippen molar-refractivity contribution in [2.24, 2.45) is 14.1 Å². The fourth-order valence-electron chi connectivity index (χ4n) is 3.73. The van der Waals surface area contributed by atoms with E-state index < -0.39 is 34.5 Å². The van der Waals surface area contributed by atoms with Gasteiger partial charge in [-0.2, -0.15) is 0 Å². The highest BCUT2D eigenvalue weighted by atomic mass is 32.1. The minimum Gasteiger partial charge on any atom is -0.488 e. The maximum absolute atomic E-state index is 14.5. The smallest absolute Gasteiger partial charge is 0.333 e. The first kappa shape index (κ1) is 25.3. The lowest BCUT2D eigenvalue weighted by Crippen LogP contribution is -2.36. The Labute approximate surface area is 208 Å². The summed E-state index contributed by atoms with van der Waals surface area (Å²) in [6.07, 6.45) is 3.63. The van der Waals surface area contributed by atoms with Crippen LogP contribution < -0.4 is 21.3 Å². The number of ether oxygens (including phenoxy) is 1. The van der Waals surface area contributed by atoms with Crippen LogP contribution >= 0.6 is 11.3 Å². The SMILES string of the molecule is CCCCCOc1c(F)cc(-c2csc(NC(=O)Cc3coc4c3c(=O)n(C)c(=O)n4C)n2)cc1F. The van der Waals surface area contributed by atoms with Gasteiger partial charge in [-0.05, 0) is 18.6 Å². The van der Waals surface area contributed by atoms with Gasteiger partial charge in [-0.25, -0.2) is 18.6 Å². The molecule has 0 aliphatic carbocycles. The molecular weight excluding hydrogens is 494 g/mol. The number of aromatic nitrogens is 3. The van der Waals surface area contributed by atoms with Crippen molar-refractivity contribution >= 4 is 33.5 Å². The number of carbonyl (C=O) groups excluding carboxylic acids is 1. The number of thiazole rings is 1. The zero-order valence-electron chi connectivity index (χ0n) is 19.9. The number of halogens is 2. The van der Waals surface area contributed by atoms with E-state index in [0.29, 0.717) is 12.0 Å². The molecule has 0 saturated heterocycles. The first-order valence-electron chi connectivity index (χ1n) is 11.2. The molecule has 0 radical (unpaired) electrons. The van der Waals surface area contributed by atoms with Crippen LogP contribution in [0.25, 0.3) is 22.4 Å². The molecule has 36 heavy (non-hydrogen) atoms. The van der Waals surface area contributed by atoms with Crippen LogP contribution in [0.15, 0.2) is 37.8 Å². The van der Waals surface area contributed by atoms with E-state index in [1.807, 2.05) is 6.92 Å². The number of benzene rings is 1. The number of fused-ring (bicyclic) bond motifs is 1. The Morgan fingerprint density at radius 3 is 2.58 bits per heavy atom. The summed E-state index contributed by atoms with van der Waals surface area (Å²) in [4.78, 5) is 41.4. The molecule has 1 aromatic carbocycles. The Hall–Kier alpha value is -3.80. The number of nitrogens with zero attached hydrogens (tertiary/aromatic N) is 3. The molecule has 1 N–H and O–H groups in total. The van der Waals surface area contributed by atoms with Crippen molar-refractivity contribution in [2.75, 3.05) is 11.9 Å². The molecule has 0 aliphatic heterocycles. The minimum absolute atomic E-state index is 0.0734. The van der Waals surface area contributed by atoms with Gasteiger partial charge in [0, 0.05) is 30.6 Å². The van der Waals surface area contributed by atoms with Crippen molar-refractivity contribution in [3.8, 4) is 17.0 Å². The number of furan rings is 1. The number of aryl methyl sites for hydroxylation is 1. The Balaban J connectivity index is 1.48. The van der Waals surface area contributed by atoms with E-state index in [9.17, 15) is 23.2 Å². The molecule has 0 spiro atoms. The van der Waals surface area contributed by atoms with Crippen LogP contribution in [0.5, 0.6) is 5.75 Å². The minimum atomic E-state index is -0.831. The summed E-state index contributed by atoms with van der Waals surface area (Å²) >= 11 is 1.08. The van der Waals surface area contributed by atoms with E-state index in [4.69, 9.17) is 9.15 Å². The van der Waals surface area contributed by atoms with Gasteiger partial charge in [0.2, 0.25) is 11.6 Å². The first-order valence-corrected chi connectivity index (χ1v) is 12.1. The summed E-state index contributed by atoms with van der Waals surface area (Å²) in [6.45, 7) is 2.24. The van der Waals surface area contributed by atoms with E-state index >= 15 is 0 Å². The van der Waals surface area contributed by atoms with E-state index in [1.165, 1.54) is 24.9 Å². The second-order valence-electron chi connectivity index (χ2n) is 8.23.